The minimum atomic E-state index is 0.124. The van der Waals surface area contributed by atoms with Gasteiger partial charge in [0.1, 0.15) is 4.88 Å². The van der Waals surface area contributed by atoms with E-state index >= 15 is 0 Å². The number of rotatable bonds is 4. The highest BCUT2D eigenvalue weighted by atomic mass is 32.1. The van der Waals surface area contributed by atoms with Crippen molar-refractivity contribution in [2.24, 2.45) is 0 Å². The summed E-state index contributed by atoms with van der Waals surface area (Å²) in [5.74, 6) is 0.124. The van der Waals surface area contributed by atoms with Crippen LogP contribution in [0.5, 0.6) is 0 Å². The quantitative estimate of drug-likeness (QED) is 0.800. The van der Waals surface area contributed by atoms with Crippen molar-refractivity contribution < 1.29 is 9.53 Å². The molecule has 0 atom stereocenters. The number of aryl methyl sites for hydroxylation is 3. The number of nitrogens with zero attached hydrogens (tertiary/aromatic N) is 5. The molecular weight excluding hydrogens is 362 g/mol. The number of hydrogen-bond donors (Lipinski definition) is 0. The van der Waals surface area contributed by atoms with Crippen LogP contribution in [0.25, 0.3) is 0 Å². The van der Waals surface area contributed by atoms with E-state index < -0.39 is 0 Å². The van der Waals surface area contributed by atoms with Crippen molar-refractivity contribution >= 4 is 17.2 Å². The third-order valence-corrected chi connectivity index (χ3v) is 6.47. The predicted octanol–water partition coefficient (Wildman–Crippen LogP) is 2.01. The second-order valence-corrected chi connectivity index (χ2v) is 8.41. The summed E-state index contributed by atoms with van der Waals surface area (Å²) in [6.45, 7) is 12.5. The zero-order valence-electron chi connectivity index (χ0n) is 16.3. The van der Waals surface area contributed by atoms with Crippen molar-refractivity contribution in [3.63, 3.8) is 0 Å². The van der Waals surface area contributed by atoms with E-state index in [0.717, 1.165) is 73.6 Å². The highest BCUT2D eigenvalue weighted by Crippen LogP contribution is 2.23. The maximum Gasteiger partial charge on any atom is 0.265 e. The molecule has 0 spiro atoms. The largest absolute Gasteiger partial charge is 0.376 e. The number of ether oxygens (including phenoxy) is 1. The van der Waals surface area contributed by atoms with E-state index in [1.54, 1.807) is 0 Å². The normalized spacial score (nSPS) is 18.0. The summed E-state index contributed by atoms with van der Waals surface area (Å²) in [6.07, 6.45) is 0.950. The van der Waals surface area contributed by atoms with E-state index in [1.165, 1.54) is 22.6 Å². The standard InChI is InChI=1S/C19H27N5O2S/c1-4-24-17-5-10-26-12-15(17)16(21-24)11-22-6-8-23(9-7-22)19(25)18-13(2)20-14(3)27-18/h4-12H2,1-3H3. The first-order valence-electron chi connectivity index (χ1n) is 9.67. The Morgan fingerprint density at radius 3 is 2.67 bits per heavy atom. The number of piperazine rings is 1. The van der Waals surface area contributed by atoms with Gasteiger partial charge in [-0.15, -0.1) is 11.3 Å². The molecule has 2 aromatic rings. The summed E-state index contributed by atoms with van der Waals surface area (Å²) < 4.78 is 7.79. The van der Waals surface area contributed by atoms with Gasteiger partial charge >= 0.3 is 0 Å². The number of carbonyl (C=O) groups excluding carboxylic acids is 1. The van der Waals surface area contributed by atoms with E-state index in [9.17, 15) is 4.79 Å². The lowest BCUT2D eigenvalue weighted by Gasteiger charge is -2.34. The van der Waals surface area contributed by atoms with Crippen LogP contribution in [0.2, 0.25) is 0 Å². The van der Waals surface area contributed by atoms with Crippen LogP contribution in [0.3, 0.4) is 0 Å². The van der Waals surface area contributed by atoms with Gasteiger partial charge in [-0.05, 0) is 20.8 Å². The van der Waals surface area contributed by atoms with E-state index in [4.69, 9.17) is 9.84 Å². The first-order chi connectivity index (χ1) is 13.1. The molecule has 0 unspecified atom stereocenters. The van der Waals surface area contributed by atoms with Crippen LogP contribution in [0.4, 0.5) is 0 Å². The zero-order chi connectivity index (χ0) is 19.0. The summed E-state index contributed by atoms with van der Waals surface area (Å²) in [5, 5.41) is 5.78. The number of carbonyl (C=O) groups is 1. The molecule has 7 nitrogen and oxygen atoms in total. The van der Waals surface area contributed by atoms with Crippen LogP contribution in [0.1, 0.15) is 44.2 Å². The molecule has 27 heavy (non-hydrogen) atoms. The monoisotopic (exact) mass is 389 g/mol. The molecule has 0 aliphatic carbocycles. The van der Waals surface area contributed by atoms with Gasteiger partial charge < -0.3 is 9.64 Å². The summed E-state index contributed by atoms with van der Waals surface area (Å²) in [5.41, 5.74) is 4.60. The molecule has 0 N–H and O–H groups in total. The molecule has 2 aliphatic heterocycles. The van der Waals surface area contributed by atoms with E-state index in [2.05, 4.69) is 21.5 Å². The number of amides is 1. The average Bonchev–Trinajstić information content (AvgIpc) is 3.21. The lowest BCUT2D eigenvalue weighted by molar-refractivity contribution is 0.0628. The van der Waals surface area contributed by atoms with Gasteiger partial charge in [0.25, 0.3) is 5.91 Å². The molecule has 0 bridgehead atoms. The Morgan fingerprint density at radius 1 is 1.22 bits per heavy atom. The molecule has 1 saturated heterocycles. The summed E-state index contributed by atoms with van der Waals surface area (Å²) in [6, 6.07) is 0. The van der Waals surface area contributed by atoms with Gasteiger partial charge in [0.15, 0.2) is 0 Å². The van der Waals surface area contributed by atoms with Crippen molar-refractivity contribution in [3.8, 4) is 0 Å². The molecule has 2 aliphatic rings. The number of aromatic nitrogens is 3. The lowest BCUT2D eigenvalue weighted by Crippen LogP contribution is -2.48. The fraction of sp³-hybridized carbons (Fsp3) is 0.632. The van der Waals surface area contributed by atoms with Crippen LogP contribution in [-0.2, 0) is 30.9 Å². The average molecular weight is 390 g/mol. The molecule has 4 heterocycles. The smallest absolute Gasteiger partial charge is 0.265 e. The van der Waals surface area contributed by atoms with Crippen LogP contribution in [-0.4, -0.2) is 63.3 Å². The Morgan fingerprint density at radius 2 is 2.00 bits per heavy atom. The zero-order valence-corrected chi connectivity index (χ0v) is 17.1. The Labute approximate surface area is 163 Å². The SMILES string of the molecule is CCn1nc(CN2CCN(C(=O)c3sc(C)nc3C)CC2)c2c1CCOC2. The highest BCUT2D eigenvalue weighted by Gasteiger charge is 2.27. The fourth-order valence-electron chi connectivity index (χ4n) is 3.96. The third kappa shape index (κ3) is 3.66. The predicted molar refractivity (Wildman–Crippen MR) is 104 cm³/mol. The Kier molecular flexibility index (Phi) is 5.29. The van der Waals surface area contributed by atoms with Crippen LogP contribution in [0, 0.1) is 13.8 Å². The molecule has 0 saturated carbocycles. The topological polar surface area (TPSA) is 63.5 Å². The molecule has 4 rings (SSSR count). The van der Waals surface area contributed by atoms with Crippen LogP contribution in [0.15, 0.2) is 0 Å². The number of fused-ring (bicyclic) bond motifs is 1. The molecule has 146 valence electrons. The lowest BCUT2D eigenvalue weighted by atomic mass is 10.1. The summed E-state index contributed by atoms with van der Waals surface area (Å²) >= 11 is 1.50. The maximum absolute atomic E-state index is 12.8. The van der Waals surface area contributed by atoms with Gasteiger partial charge in [-0.25, -0.2) is 4.98 Å². The molecule has 1 amide bonds. The van der Waals surface area contributed by atoms with Gasteiger partial charge in [-0.1, -0.05) is 0 Å². The third-order valence-electron chi connectivity index (χ3n) is 5.41. The van der Waals surface area contributed by atoms with Gasteiger partial charge in [0.05, 0.1) is 29.6 Å². The number of hydrogen-bond acceptors (Lipinski definition) is 6. The van der Waals surface area contributed by atoms with Gasteiger partial charge in [0, 0.05) is 56.9 Å². The second kappa shape index (κ2) is 7.69. The fourth-order valence-corrected chi connectivity index (χ4v) is 4.85. The Hall–Kier alpha value is -1.77. The molecule has 1 fully saturated rings. The Balaban J connectivity index is 1.39. The van der Waals surface area contributed by atoms with Gasteiger partial charge in [0.2, 0.25) is 0 Å². The summed E-state index contributed by atoms with van der Waals surface area (Å²) in [7, 11) is 0. The summed E-state index contributed by atoms with van der Waals surface area (Å²) in [4.78, 5) is 22.3. The van der Waals surface area contributed by atoms with Crippen molar-refractivity contribution in [2.45, 2.75) is 46.9 Å². The van der Waals surface area contributed by atoms with Crippen molar-refractivity contribution in [1.29, 1.82) is 0 Å². The molecule has 0 aromatic carbocycles. The van der Waals surface area contributed by atoms with Crippen LogP contribution < -0.4 is 0 Å². The van der Waals surface area contributed by atoms with Gasteiger partial charge in [-0.3, -0.25) is 14.4 Å². The minimum Gasteiger partial charge on any atom is -0.376 e. The maximum atomic E-state index is 12.8. The Bertz CT molecular complexity index is 836. The first kappa shape index (κ1) is 18.6. The molecule has 2 aromatic heterocycles. The van der Waals surface area contributed by atoms with E-state index in [0.29, 0.717) is 6.61 Å². The first-order valence-corrected chi connectivity index (χ1v) is 10.5. The van der Waals surface area contributed by atoms with E-state index in [-0.39, 0.29) is 5.91 Å². The van der Waals surface area contributed by atoms with Crippen molar-refractivity contribution in [3.05, 3.63) is 32.5 Å². The number of thiazole rings is 1. The van der Waals surface area contributed by atoms with E-state index in [1.807, 2.05) is 18.7 Å². The van der Waals surface area contributed by atoms with Crippen LogP contribution >= 0.6 is 11.3 Å². The molecular formula is C19H27N5O2S. The highest BCUT2D eigenvalue weighted by molar-refractivity contribution is 7.13. The van der Waals surface area contributed by atoms with Crippen molar-refractivity contribution in [1.82, 2.24) is 24.6 Å². The van der Waals surface area contributed by atoms with Gasteiger partial charge in [-0.2, -0.15) is 5.10 Å². The minimum absolute atomic E-state index is 0.124. The molecule has 0 radical (unpaired) electrons. The van der Waals surface area contributed by atoms with Crippen molar-refractivity contribution in [2.75, 3.05) is 32.8 Å². The molecule has 8 heteroatoms. The second-order valence-electron chi connectivity index (χ2n) is 7.21.